The molecule has 0 amide bonds. The molecule has 2 nitrogen and oxygen atoms in total. The van der Waals surface area contributed by atoms with Gasteiger partial charge in [0.2, 0.25) is 0 Å². The smallest absolute Gasteiger partial charge is 0.127 e. The van der Waals surface area contributed by atoms with Crippen molar-refractivity contribution in [2.45, 2.75) is 0 Å². The minimum Gasteiger partial charge on any atom is -0.494 e. The van der Waals surface area contributed by atoms with Crippen molar-refractivity contribution in [1.82, 2.24) is 5.32 Å². The van der Waals surface area contributed by atoms with Gasteiger partial charge in [-0.15, -0.1) is 0 Å². The van der Waals surface area contributed by atoms with Crippen LogP contribution in [-0.4, -0.2) is 6.61 Å². The van der Waals surface area contributed by atoms with Crippen LogP contribution in [0.15, 0.2) is 24.7 Å². The molecule has 1 rings (SSSR count). The molecule has 1 aliphatic heterocycles. The van der Waals surface area contributed by atoms with E-state index in [4.69, 9.17) is 4.74 Å². The molecule has 0 aromatic heterocycles. The Morgan fingerprint density at radius 1 is 1.86 bits per heavy atom. The van der Waals surface area contributed by atoms with Crippen molar-refractivity contribution < 1.29 is 4.74 Å². The van der Waals surface area contributed by atoms with Crippen molar-refractivity contribution >= 4 is 0 Å². The first kappa shape index (κ1) is 4.24. The van der Waals surface area contributed by atoms with Crippen LogP contribution in [0, 0.1) is 0 Å². The van der Waals surface area contributed by atoms with Crippen LogP contribution in [0.1, 0.15) is 0 Å². The molecule has 1 N–H and O–H groups in total. The van der Waals surface area contributed by atoms with Crippen molar-refractivity contribution in [2.24, 2.45) is 0 Å². The molecule has 0 unspecified atom stereocenters. The number of ether oxygens (including phenoxy) is 1. The summed E-state index contributed by atoms with van der Waals surface area (Å²) in [6, 6.07) is 0. The van der Waals surface area contributed by atoms with Crippen LogP contribution in [0.5, 0.6) is 0 Å². The second kappa shape index (κ2) is 1.69. The molecule has 0 atom stereocenters. The van der Waals surface area contributed by atoms with Crippen LogP contribution in [0.3, 0.4) is 0 Å². The minimum atomic E-state index is 0.594. The number of rotatable bonds is 0. The van der Waals surface area contributed by atoms with Crippen LogP contribution in [0.25, 0.3) is 0 Å². The van der Waals surface area contributed by atoms with E-state index < -0.39 is 0 Å². The second-order valence-electron chi connectivity index (χ2n) is 1.36. The number of hydrogen-bond donors (Lipinski definition) is 1. The molecule has 2 heteroatoms. The lowest BCUT2D eigenvalue weighted by Crippen LogP contribution is -2.12. The first-order valence-corrected chi connectivity index (χ1v) is 2.10. The predicted octanol–water partition coefficient (Wildman–Crippen LogP) is 0.591. The van der Waals surface area contributed by atoms with Gasteiger partial charge in [0.25, 0.3) is 0 Å². The lowest BCUT2D eigenvalue weighted by Gasteiger charge is -2.08. The summed E-state index contributed by atoms with van der Waals surface area (Å²) in [6.45, 7) is 4.22. The lowest BCUT2D eigenvalue weighted by atomic mass is 10.5. The maximum Gasteiger partial charge on any atom is 0.127 e. The van der Waals surface area contributed by atoms with Gasteiger partial charge in [0.15, 0.2) is 0 Å². The zero-order valence-electron chi connectivity index (χ0n) is 3.98. The Balaban J connectivity index is 2.47. The fraction of sp³-hybridized carbons (Fsp3) is 0.200. The van der Waals surface area contributed by atoms with E-state index >= 15 is 0 Å². The van der Waals surface area contributed by atoms with Gasteiger partial charge in [-0.2, -0.15) is 0 Å². The first-order valence-electron chi connectivity index (χ1n) is 2.10. The zero-order valence-corrected chi connectivity index (χ0v) is 3.98. The summed E-state index contributed by atoms with van der Waals surface area (Å²) in [5.74, 6) is 0. The molecule has 38 valence electrons. The van der Waals surface area contributed by atoms with Crippen molar-refractivity contribution in [3.63, 3.8) is 0 Å². The quantitative estimate of drug-likeness (QED) is 0.477. The van der Waals surface area contributed by atoms with Crippen molar-refractivity contribution in [3.05, 3.63) is 24.7 Å². The summed E-state index contributed by atoms with van der Waals surface area (Å²) in [4.78, 5) is 0. The predicted molar refractivity (Wildman–Crippen MR) is 27.4 cm³/mol. The fourth-order valence-corrected chi connectivity index (χ4v) is 0.390. The largest absolute Gasteiger partial charge is 0.494 e. The molecule has 0 fully saturated rings. The highest BCUT2D eigenvalue weighted by atomic mass is 16.5. The molecule has 1 aliphatic rings. The van der Waals surface area contributed by atoms with Crippen LogP contribution >= 0.6 is 0 Å². The summed E-state index contributed by atoms with van der Waals surface area (Å²) in [6.07, 6.45) is 3.32. The SMILES string of the molecule is C=C1COC=CN1. The van der Waals surface area contributed by atoms with Crippen molar-refractivity contribution in [2.75, 3.05) is 6.61 Å². The minimum absolute atomic E-state index is 0.594. The highest BCUT2D eigenvalue weighted by molar-refractivity contribution is 4.99. The molecule has 7 heavy (non-hydrogen) atoms. The topological polar surface area (TPSA) is 21.3 Å². The molecule has 0 bridgehead atoms. The highest BCUT2D eigenvalue weighted by Gasteiger charge is 1.91. The van der Waals surface area contributed by atoms with Crippen molar-refractivity contribution in [1.29, 1.82) is 0 Å². The van der Waals surface area contributed by atoms with Gasteiger partial charge in [-0.1, -0.05) is 6.58 Å². The van der Waals surface area contributed by atoms with Gasteiger partial charge in [0.1, 0.15) is 6.61 Å². The first-order chi connectivity index (χ1) is 3.39. The van der Waals surface area contributed by atoms with Crippen LogP contribution in [-0.2, 0) is 4.74 Å². The summed E-state index contributed by atoms with van der Waals surface area (Å²) in [5.41, 5.74) is 0.905. The van der Waals surface area contributed by atoms with Gasteiger partial charge in [-0.3, -0.25) is 0 Å². The Bertz CT molecular complexity index is 107. The van der Waals surface area contributed by atoms with Crippen LogP contribution < -0.4 is 5.32 Å². The van der Waals surface area contributed by atoms with E-state index in [2.05, 4.69) is 11.9 Å². The van der Waals surface area contributed by atoms with Gasteiger partial charge in [0, 0.05) is 11.9 Å². The standard InChI is InChI=1S/C5H7NO/c1-5-4-7-3-2-6-5/h2-3,6H,1,4H2. The lowest BCUT2D eigenvalue weighted by molar-refractivity contribution is 0.262. The van der Waals surface area contributed by atoms with E-state index in [-0.39, 0.29) is 0 Å². The normalized spacial score (nSPS) is 18.0. The Morgan fingerprint density at radius 3 is 3.00 bits per heavy atom. The van der Waals surface area contributed by atoms with Gasteiger partial charge in [-0.25, -0.2) is 0 Å². The number of nitrogens with one attached hydrogen (secondary N) is 1. The maximum atomic E-state index is 4.84. The summed E-state index contributed by atoms with van der Waals surface area (Å²) in [7, 11) is 0. The fourth-order valence-electron chi connectivity index (χ4n) is 0.390. The van der Waals surface area contributed by atoms with Crippen LogP contribution in [0.2, 0.25) is 0 Å². The van der Waals surface area contributed by atoms with E-state index in [1.54, 1.807) is 12.5 Å². The second-order valence-corrected chi connectivity index (χ2v) is 1.36. The average molecular weight is 97.1 g/mol. The van der Waals surface area contributed by atoms with Gasteiger partial charge in [0.05, 0.1) is 6.26 Å². The van der Waals surface area contributed by atoms with E-state index in [9.17, 15) is 0 Å². The Morgan fingerprint density at radius 2 is 2.71 bits per heavy atom. The molecular weight excluding hydrogens is 90.1 g/mol. The van der Waals surface area contributed by atoms with E-state index in [0.717, 1.165) is 5.70 Å². The Kier molecular flexibility index (Phi) is 1.02. The molecule has 0 radical (unpaired) electrons. The molecule has 0 aromatic carbocycles. The molecule has 0 spiro atoms. The van der Waals surface area contributed by atoms with Crippen molar-refractivity contribution in [3.8, 4) is 0 Å². The van der Waals surface area contributed by atoms with Gasteiger partial charge >= 0.3 is 0 Å². The highest BCUT2D eigenvalue weighted by Crippen LogP contribution is 1.91. The Labute approximate surface area is 42.5 Å². The Hall–Kier alpha value is -0.920. The van der Waals surface area contributed by atoms with E-state index in [1.807, 2.05) is 0 Å². The third-order valence-corrected chi connectivity index (χ3v) is 0.709. The van der Waals surface area contributed by atoms with Crippen LogP contribution in [0.4, 0.5) is 0 Å². The molecule has 0 saturated heterocycles. The molecule has 1 heterocycles. The molecular formula is C5H7NO. The van der Waals surface area contributed by atoms with Gasteiger partial charge < -0.3 is 10.1 Å². The monoisotopic (exact) mass is 97.1 g/mol. The van der Waals surface area contributed by atoms with E-state index in [1.165, 1.54) is 0 Å². The average Bonchev–Trinajstić information content (AvgIpc) is 1.69. The zero-order chi connectivity index (χ0) is 5.11. The molecule has 0 saturated carbocycles. The third kappa shape index (κ3) is 0.961. The van der Waals surface area contributed by atoms with E-state index in [0.29, 0.717) is 6.61 Å². The summed E-state index contributed by atoms with van der Waals surface area (Å²) < 4.78 is 4.84. The third-order valence-electron chi connectivity index (χ3n) is 0.709. The maximum absolute atomic E-state index is 4.84. The molecule has 0 aromatic rings. The van der Waals surface area contributed by atoms with Gasteiger partial charge in [-0.05, 0) is 0 Å². The summed E-state index contributed by atoms with van der Waals surface area (Å²) >= 11 is 0. The molecule has 0 aliphatic carbocycles. The summed E-state index contributed by atoms with van der Waals surface area (Å²) in [5, 5.41) is 2.88. The number of hydrogen-bond acceptors (Lipinski definition) is 2.